The molecule has 0 bridgehead atoms. The van der Waals surface area contributed by atoms with Crippen LogP contribution in [0.2, 0.25) is 0 Å². The minimum atomic E-state index is -1.63. The summed E-state index contributed by atoms with van der Waals surface area (Å²) in [5.74, 6) is -16.5. The molecule has 2 N–H and O–H groups in total. The Morgan fingerprint density at radius 3 is 1.25 bits per heavy atom. The van der Waals surface area contributed by atoms with E-state index < -0.39 is 178 Å². The monoisotopic (exact) mass is 2030 g/mol. The van der Waals surface area contributed by atoms with Crippen LogP contribution in [0.15, 0.2) is 100 Å². The quantitative estimate of drug-likeness (QED) is 0.00495. The maximum Gasteiger partial charge on any atom is 0.302 e. The molecule has 0 radical (unpaired) electrons. The Bertz CT molecular complexity index is 4860. The second kappa shape index (κ2) is 51.1. The lowest BCUT2D eigenvalue weighted by molar-refractivity contribution is -0.311. The molecule has 0 amide bonds. The molecule has 5 fully saturated rings. The molecule has 8 heterocycles. The molecule has 12 rings (SSSR count). The minimum Gasteiger partial charge on any atom is -0.463 e. The molecule has 5 aliphatic rings. The summed E-state index contributed by atoms with van der Waals surface area (Å²) in [5, 5.41) is 50.4. The fourth-order valence-corrected chi connectivity index (χ4v) is 15.6. The lowest BCUT2D eigenvalue weighted by Gasteiger charge is -2.46. The van der Waals surface area contributed by atoms with E-state index in [2.05, 4.69) is 108 Å². The van der Waals surface area contributed by atoms with Gasteiger partial charge in [-0.15, -0.1) is 15.3 Å². The number of azide groups is 2. The van der Waals surface area contributed by atoms with Gasteiger partial charge in [0, 0.05) is 98.2 Å². The highest BCUT2D eigenvalue weighted by Crippen LogP contribution is 2.45. The topological polar surface area (TPSA) is 443 Å². The van der Waals surface area contributed by atoms with Gasteiger partial charge in [-0.3, -0.25) is 28.8 Å². The third kappa shape index (κ3) is 29.5. The average Bonchev–Trinajstić information content (AvgIpc) is 1.77. The molecule has 21 atom stereocenters. The highest BCUT2D eigenvalue weighted by Gasteiger charge is 2.52. The number of carbonyl (C=O) groups excluding carboxylic acids is 6. The molecule has 127 heavy (non-hydrogen) atoms. The van der Waals surface area contributed by atoms with Gasteiger partial charge in [-0.05, 0) is 80.4 Å². The van der Waals surface area contributed by atoms with Crippen molar-refractivity contribution in [1.29, 1.82) is 0 Å². The first-order valence-electron chi connectivity index (χ1n) is 37.8. The van der Waals surface area contributed by atoms with E-state index in [0.717, 1.165) is 41.3 Å². The summed E-state index contributed by atoms with van der Waals surface area (Å²) >= 11 is 14.3. The van der Waals surface area contributed by atoms with Crippen LogP contribution >= 0.6 is 68.6 Å². The Morgan fingerprint density at radius 2 is 0.866 bits per heavy atom. The van der Waals surface area contributed by atoms with Crippen LogP contribution < -0.4 is 0 Å². The first kappa shape index (κ1) is 107. The van der Waals surface area contributed by atoms with Crippen molar-refractivity contribution in [1.82, 2.24) is 45.0 Å². The van der Waals surface area contributed by atoms with Gasteiger partial charge in [-0.1, -0.05) is 107 Å². The van der Waals surface area contributed by atoms with E-state index in [1.807, 2.05) is 44.2 Å². The van der Waals surface area contributed by atoms with Gasteiger partial charge in [0.1, 0.15) is 91.6 Å². The highest BCUT2D eigenvalue weighted by atomic mass is 80.9. The van der Waals surface area contributed by atoms with Gasteiger partial charge < -0.3 is 67.1 Å². The first-order valence-corrected chi connectivity index (χ1v) is 43.8. The number of aliphatic hydroxyl groups is 2. The molecule has 5 aliphatic heterocycles. The van der Waals surface area contributed by atoms with Crippen LogP contribution in [0.25, 0.3) is 54.7 Å². The first-order chi connectivity index (χ1) is 59.5. The summed E-state index contributed by atoms with van der Waals surface area (Å²) in [6, 6.07) is 10.9. The van der Waals surface area contributed by atoms with Gasteiger partial charge >= 0.3 is 17.9 Å². The third-order valence-electron chi connectivity index (χ3n) is 19.6. The number of thiol groups is 1. The van der Waals surface area contributed by atoms with Crippen molar-refractivity contribution in [3.8, 4) is 33.8 Å². The van der Waals surface area contributed by atoms with Crippen molar-refractivity contribution in [3.05, 3.63) is 159 Å². The van der Waals surface area contributed by atoms with E-state index in [0.29, 0.717) is 6.61 Å². The van der Waals surface area contributed by atoms with E-state index in [1.54, 1.807) is 6.92 Å². The van der Waals surface area contributed by atoms with Gasteiger partial charge in [0.15, 0.2) is 76.0 Å². The average molecular weight is 2040 g/mol. The number of esters is 3. The van der Waals surface area contributed by atoms with Gasteiger partial charge in [0.05, 0.1) is 111 Å². The Kier molecular flexibility index (Phi) is 43.1. The Labute approximate surface area is 755 Å². The molecular formula is C78H93Br3F9N15O20S2. The summed E-state index contributed by atoms with van der Waals surface area (Å²) in [7, 11) is 0. The molecular weight excluding hydrogens is 1940 g/mol. The maximum atomic E-state index is 13.9. The minimum absolute atomic E-state index is 0. The van der Waals surface area contributed by atoms with Gasteiger partial charge in [-0.2, -0.15) is 12.6 Å². The predicted octanol–water partition coefficient (Wildman–Crippen LogP) is 13.4. The van der Waals surface area contributed by atoms with E-state index in [-0.39, 0.29) is 143 Å². The Morgan fingerprint density at radius 1 is 0.520 bits per heavy atom. The van der Waals surface area contributed by atoms with Crippen molar-refractivity contribution < 1.29 is 135 Å². The summed E-state index contributed by atoms with van der Waals surface area (Å²) < 4.78 is 195. The van der Waals surface area contributed by atoms with Crippen molar-refractivity contribution >= 4 is 104 Å². The molecule has 49 heteroatoms. The van der Waals surface area contributed by atoms with E-state index in [4.69, 9.17) is 67.9 Å². The lowest BCUT2D eigenvalue weighted by Crippen LogP contribution is -2.58. The number of nitrogens with zero attached hydrogens (tertiary/aromatic N) is 15. The number of ketones is 3. The lowest BCUT2D eigenvalue weighted by atomic mass is 9.88. The number of thioether (sulfide) groups is 1. The number of Topliss-reactive ketones (excluding diaryl/α,β-unsaturated/α-hetero) is 3. The number of carbonyl (C=O) groups is 6. The van der Waals surface area contributed by atoms with Crippen molar-refractivity contribution in [2.24, 2.45) is 28.0 Å². The zero-order chi connectivity index (χ0) is 91.8. The van der Waals surface area contributed by atoms with Crippen LogP contribution in [0.5, 0.6) is 0 Å². The highest BCUT2D eigenvalue weighted by molar-refractivity contribution is 9.93. The summed E-state index contributed by atoms with van der Waals surface area (Å²) in [6.07, 6.45) is -4.54. The second-order valence-corrected chi connectivity index (χ2v) is 31.5. The molecule has 35 nitrogen and oxygen atoms in total. The zero-order valence-electron chi connectivity index (χ0n) is 67.6. The number of hydrogen-bond donors (Lipinski definition) is 3. The van der Waals surface area contributed by atoms with Crippen LogP contribution in [-0.4, -0.2) is 246 Å². The van der Waals surface area contributed by atoms with Crippen molar-refractivity contribution in [2.75, 3.05) is 66.1 Å². The Hall–Kier alpha value is -8.59. The number of aliphatic hydroxyl groups excluding tert-OH is 2. The number of benzene rings is 4. The number of hydrogen-bond acceptors (Lipinski definition) is 30. The molecule has 0 saturated carbocycles. The molecule has 0 spiro atoms. The fraction of sp³-hybridized carbons (Fsp3) is 0.538. The van der Waals surface area contributed by atoms with Gasteiger partial charge in [0.25, 0.3) is 0 Å². The number of rotatable bonds is 27. The standard InChI is InChI=1S/C26H26F3N3O5S.C25H29F3N6O8.C20H21BrF3N3O5.C5H9N3O2S.2CH4.Br2/c1-14(33)12-36-25-24(32-11-21(30-31-32)17-9-19(27)23(29)20(28)10-17)15(2)22(13-35-16(3)34)37-26(25)38-18-7-5-4-6-8-18;1-11(35)7-40-24-22(34-6-17(31-33-34)14-4-15(26)21(28)16(27)5-14)12(2)19(10-39-13(3)36)41-25(24)42-20-9-38-8-18(23(20)37)30-32-29;1-9(28)7-31-19-18(10(2)16(32-20(19)21)8-30-11(3)29)27-6-15(25-26-27)12-4-13(22)17(24)14(23)5-12;6-8-7-3-1-10-2-4(11)5(3)9;;;1-2/h4-11,15,22,24-26H,12-13H2,1-3H3;4-6,12,18-20,22-25,37H,7-10H2,1-3H3;4-6,10,16,18-20H,7-8H2,1-3H3;3-5,9,11H,1-2H2;2*1H4;/t;12?,18-,19?,20+,22?,23+,24?,25?;;3-,4+,5+;;;/m.0.0.../s1. The molecule has 7 aromatic rings. The Balaban J connectivity index is 0.000000274. The van der Waals surface area contributed by atoms with Gasteiger partial charge in [0.2, 0.25) is 0 Å². The fourth-order valence-electron chi connectivity index (χ4n) is 13.4. The SMILES string of the molecule is BrBr.C.C.CC(=O)COC1C(Br)OC(COC(C)=O)C(C)C1n1cc(-c2cc(F)c(F)c(F)c2)nn1.CC(=O)COC1C(O[C@@H]2COC[C@H](N=[N+]=[N-])[C@H]2O)OC(COC(C)=O)C(C)C1n1cc(-c2cc(F)c(F)c(F)c2)nn1.CC(=O)COC1C(Sc2ccccc2)OC(COC(C)=O)C(C)C1n1cc(-c2cc(F)c(F)c(F)c2)nn1.[N-]=[N+]=N[C@H]1COC[C@@H](S)[C@@H]1O. The van der Waals surface area contributed by atoms with Crippen LogP contribution in [0, 0.1) is 70.1 Å². The predicted molar refractivity (Wildman–Crippen MR) is 447 cm³/mol. The van der Waals surface area contributed by atoms with E-state index in [9.17, 15) is 78.5 Å². The van der Waals surface area contributed by atoms with Crippen molar-refractivity contribution in [2.45, 2.75) is 189 Å². The van der Waals surface area contributed by atoms with Crippen molar-refractivity contribution in [3.63, 3.8) is 0 Å². The third-order valence-corrected chi connectivity index (χ3v) is 21.9. The van der Waals surface area contributed by atoms with E-state index >= 15 is 0 Å². The molecule has 0 aliphatic carbocycles. The van der Waals surface area contributed by atoms with Crippen LogP contribution in [0.3, 0.4) is 0 Å². The number of halogens is 12. The van der Waals surface area contributed by atoms with Gasteiger partial charge in [-0.25, -0.2) is 53.6 Å². The summed E-state index contributed by atoms with van der Waals surface area (Å²) in [6.45, 7) is 12.8. The van der Waals surface area contributed by atoms with E-state index in [1.165, 1.54) is 85.9 Å². The normalized spacial score (nSPS) is 26.5. The molecule has 15 unspecified atom stereocenters. The smallest absolute Gasteiger partial charge is 0.302 e. The molecule has 4 aromatic carbocycles. The molecule has 3 aromatic heterocycles. The van der Waals surface area contributed by atoms with Crippen LogP contribution in [-0.2, 0) is 85.6 Å². The number of alkyl halides is 1. The second-order valence-electron chi connectivity index (χ2n) is 28.8. The summed E-state index contributed by atoms with van der Waals surface area (Å²) in [4.78, 5) is 75.7. The van der Waals surface area contributed by atoms with Crippen LogP contribution in [0.1, 0.15) is 95.3 Å². The molecule has 696 valence electrons. The number of aromatic nitrogens is 9. The maximum absolute atomic E-state index is 13.9. The van der Waals surface area contributed by atoms with Crippen LogP contribution in [0.4, 0.5) is 39.5 Å². The largest absolute Gasteiger partial charge is 0.463 e. The number of ether oxygens (including phenoxy) is 12. The zero-order valence-corrected chi connectivity index (χ0v) is 74.1. The molecule has 5 saturated heterocycles. The summed E-state index contributed by atoms with van der Waals surface area (Å²) in [5.41, 5.74) is 16.4.